The SMILES string of the molecule is c1ccc(-c2ccccc2N(c2ccc(-c3ccc4oc5ccccc5c4c3)cc2)c2ccccc2-c2cccc(-c3ccc4c(c3)-c3ccccc3C4(c3ccccc3)c3ccccc3)c2)cc1. The van der Waals surface area contributed by atoms with Crippen molar-refractivity contribution in [1.82, 2.24) is 0 Å². The summed E-state index contributed by atoms with van der Waals surface area (Å²) in [6.45, 7) is 0. The topological polar surface area (TPSA) is 16.4 Å². The lowest BCUT2D eigenvalue weighted by molar-refractivity contribution is 0.669. The summed E-state index contributed by atoms with van der Waals surface area (Å²) >= 11 is 0. The quantitative estimate of drug-likeness (QED) is 0.144. The van der Waals surface area contributed by atoms with Crippen LogP contribution in [0.5, 0.6) is 0 Å². The van der Waals surface area contributed by atoms with E-state index in [2.05, 4.69) is 266 Å². The first-order valence-electron chi connectivity index (χ1n) is 23.7. The zero-order valence-electron chi connectivity index (χ0n) is 37.8. The molecule has 1 heterocycles. The van der Waals surface area contributed by atoms with Crippen LogP contribution in [0, 0.1) is 0 Å². The molecule has 11 aromatic carbocycles. The predicted molar refractivity (Wildman–Crippen MR) is 287 cm³/mol. The van der Waals surface area contributed by atoms with Crippen LogP contribution in [0.15, 0.2) is 277 Å². The Kier molecular flexibility index (Phi) is 9.77. The van der Waals surface area contributed by atoms with E-state index in [9.17, 15) is 0 Å². The minimum atomic E-state index is -0.437. The molecular weight excluding hydrogens is 835 g/mol. The fourth-order valence-corrected chi connectivity index (χ4v) is 11.1. The monoisotopic (exact) mass is 879 g/mol. The Morgan fingerprint density at radius 3 is 1.49 bits per heavy atom. The summed E-state index contributed by atoms with van der Waals surface area (Å²) in [7, 11) is 0. The molecule has 2 heteroatoms. The molecule has 0 spiro atoms. The number of hydrogen-bond acceptors (Lipinski definition) is 2. The van der Waals surface area contributed by atoms with Gasteiger partial charge in [-0.3, -0.25) is 0 Å². The Labute approximate surface area is 402 Å². The molecule has 69 heavy (non-hydrogen) atoms. The fourth-order valence-electron chi connectivity index (χ4n) is 11.1. The molecule has 324 valence electrons. The highest BCUT2D eigenvalue weighted by Crippen LogP contribution is 2.57. The van der Waals surface area contributed by atoms with E-state index in [1.165, 1.54) is 44.5 Å². The summed E-state index contributed by atoms with van der Waals surface area (Å²) in [5.41, 5.74) is 21.6. The highest BCUT2D eigenvalue weighted by Gasteiger charge is 2.46. The third-order valence-electron chi connectivity index (χ3n) is 14.2. The van der Waals surface area contributed by atoms with Crippen molar-refractivity contribution in [3.8, 4) is 55.6 Å². The van der Waals surface area contributed by atoms with Gasteiger partial charge in [-0.25, -0.2) is 0 Å². The minimum Gasteiger partial charge on any atom is -0.456 e. The van der Waals surface area contributed by atoms with Gasteiger partial charge in [-0.05, 0) is 121 Å². The Balaban J connectivity index is 0.935. The predicted octanol–water partition coefficient (Wildman–Crippen LogP) is 18.1. The van der Waals surface area contributed by atoms with Crippen molar-refractivity contribution in [2.45, 2.75) is 5.41 Å². The number of nitrogens with zero attached hydrogens (tertiary/aromatic N) is 1. The van der Waals surface area contributed by atoms with Gasteiger partial charge in [0.25, 0.3) is 0 Å². The van der Waals surface area contributed by atoms with Gasteiger partial charge in [0.1, 0.15) is 11.2 Å². The van der Waals surface area contributed by atoms with E-state index in [1.807, 2.05) is 12.1 Å². The standard InChI is InChI=1S/C67H45NO/c1-4-19-47(20-5-1)55-27-11-15-32-63(55)68(54-39-35-46(36-40-54)49-38-42-66-60(45-49)58-30-13-17-34-65(58)69-66)64-33-16-12-28-56(64)51-22-18-21-48(43-51)50-37-41-62-59(44-50)57-29-10-14-31-61(57)67(62,52-23-6-2-7-24-52)53-25-8-3-9-26-53/h1-45H. The van der Waals surface area contributed by atoms with Crippen LogP contribution in [-0.4, -0.2) is 0 Å². The van der Waals surface area contributed by atoms with Gasteiger partial charge in [-0.1, -0.05) is 218 Å². The number of hydrogen-bond donors (Lipinski definition) is 0. The van der Waals surface area contributed by atoms with E-state index in [1.54, 1.807) is 0 Å². The highest BCUT2D eigenvalue weighted by atomic mass is 16.3. The second-order valence-corrected chi connectivity index (χ2v) is 18.0. The molecule has 0 atom stereocenters. The van der Waals surface area contributed by atoms with Crippen LogP contribution in [0.25, 0.3) is 77.6 Å². The number of anilines is 3. The molecule has 0 saturated carbocycles. The van der Waals surface area contributed by atoms with Gasteiger partial charge in [0, 0.05) is 27.6 Å². The van der Waals surface area contributed by atoms with Crippen molar-refractivity contribution in [3.63, 3.8) is 0 Å². The van der Waals surface area contributed by atoms with Gasteiger partial charge >= 0.3 is 0 Å². The summed E-state index contributed by atoms with van der Waals surface area (Å²) < 4.78 is 6.18. The maximum Gasteiger partial charge on any atom is 0.135 e. The molecule has 1 aliphatic rings. The molecule has 0 bridgehead atoms. The van der Waals surface area contributed by atoms with Crippen LogP contribution < -0.4 is 4.90 Å². The van der Waals surface area contributed by atoms with Crippen LogP contribution in [0.4, 0.5) is 17.1 Å². The van der Waals surface area contributed by atoms with Gasteiger partial charge < -0.3 is 9.32 Å². The number of rotatable bonds is 9. The molecular formula is C67H45NO. The molecule has 1 aromatic heterocycles. The summed E-state index contributed by atoms with van der Waals surface area (Å²) in [5, 5.41) is 2.25. The van der Waals surface area contributed by atoms with Crippen LogP contribution in [-0.2, 0) is 5.41 Å². The Bertz CT molecular complexity index is 3790. The van der Waals surface area contributed by atoms with E-state index in [-0.39, 0.29) is 0 Å². The first-order valence-corrected chi connectivity index (χ1v) is 23.7. The van der Waals surface area contributed by atoms with Crippen LogP contribution >= 0.6 is 0 Å². The van der Waals surface area contributed by atoms with Crippen molar-refractivity contribution < 1.29 is 4.42 Å². The molecule has 0 amide bonds. The summed E-state index contributed by atoms with van der Waals surface area (Å²) in [6.07, 6.45) is 0. The second kappa shape index (κ2) is 16.7. The zero-order valence-corrected chi connectivity index (χ0v) is 37.8. The van der Waals surface area contributed by atoms with Gasteiger partial charge in [0.2, 0.25) is 0 Å². The van der Waals surface area contributed by atoms with Crippen molar-refractivity contribution in [3.05, 3.63) is 295 Å². The molecule has 2 nitrogen and oxygen atoms in total. The molecule has 0 fully saturated rings. The summed E-state index contributed by atoms with van der Waals surface area (Å²) in [4.78, 5) is 2.43. The molecule has 0 radical (unpaired) electrons. The Morgan fingerprint density at radius 1 is 0.275 bits per heavy atom. The number of benzene rings is 11. The van der Waals surface area contributed by atoms with E-state index in [0.29, 0.717) is 0 Å². The summed E-state index contributed by atoms with van der Waals surface area (Å²) in [5.74, 6) is 0. The van der Waals surface area contributed by atoms with Gasteiger partial charge in [0.05, 0.1) is 16.8 Å². The average Bonchev–Trinajstić information content (AvgIpc) is 3.95. The lowest BCUT2D eigenvalue weighted by atomic mass is 9.67. The molecule has 0 aliphatic heterocycles. The third kappa shape index (κ3) is 6.72. The maximum absolute atomic E-state index is 6.18. The minimum absolute atomic E-state index is 0.437. The van der Waals surface area contributed by atoms with E-state index in [0.717, 1.165) is 72.4 Å². The largest absolute Gasteiger partial charge is 0.456 e. The molecule has 13 rings (SSSR count). The maximum atomic E-state index is 6.18. The third-order valence-corrected chi connectivity index (χ3v) is 14.2. The lowest BCUT2D eigenvalue weighted by Crippen LogP contribution is -2.28. The average molecular weight is 880 g/mol. The van der Waals surface area contributed by atoms with Crippen molar-refractivity contribution >= 4 is 39.0 Å². The first-order chi connectivity index (χ1) is 34.2. The molecule has 0 unspecified atom stereocenters. The number of fused-ring (bicyclic) bond motifs is 6. The fraction of sp³-hybridized carbons (Fsp3) is 0.0149. The van der Waals surface area contributed by atoms with E-state index >= 15 is 0 Å². The van der Waals surface area contributed by atoms with Crippen LogP contribution in [0.2, 0.25) is 0 Å². The lowest BCUT2D eigenvalue weighted by Gasteiger charge is -2.33. The van der Waals surface area contributed by atoms with E-state index in [4.69, 9.17) is 4.42 Å². The van der Waals surface area contributed by atoms with Crippen molar-refractivity contribution in [1.29, 1.82) is 0 Å². The molecule has 12 aromatic rings. The Hall–Kier alpha value is -8.98. The number of furan rings is 1. The zero-order chi connectivity index (χ0) is 45.7. The second-order valence-electron chi connectivity index (χ2n) is 18.0. The van der Waals surface area contributed by atoms with Gasteiger partial charge in [-0.2, -0.15) is 0 Å². The molecule has 0 saturated heterocycles. The molecule has 1 aliphatic carbocycles. The molecule has 0 N–H and O–H groups in total. The van der Waals surface area contributed by atoms with Crippen molar-refractivity contribution in [2.75, 3.05) is 4.90 Å². The van der Waals surface area contributed by atoms with E-state index < -0.39 is 5.41 Å². The van der Waals surface area contributed by atoms with Crippen LogP contribution in [0.3, 0.4) is 0 Å². The number of para-hydroxylation sites is 3. The first kappa shape index (κ1) is 40.3. The highest BCUT2D eigenvalue weighted by molar-refractivity contribution is 6.06. The van der Waals surface area contributed by atoms with Gasteiger partial charge in [-0.15, -0.1) is 0 Å². The normalized spacial score (nSPS) is 12.5. The van der Waals surface area contributed by atoms with Gasteiger partial charge in [0.15, 0.2) is 0 Å². The smallest absolute Gasteiger partial charge is 0.135 e. The van der Waals surface area contributed by atoms with Crippen LogP contribution in [0.1, 0.15) is 22.3 Å². The summed E-state index contributed by atoms with van der Waals surface area (Å²) in [6, 6.07) is 99.3. The van der Waals surface area contributed by atoms with Crippen molar-refractivity contribution in [2.24, 2.45) is 0 Å². The Morgan fingerprint density at radius 2 is 0.768 bits per heavy atom.